The van der Waals surface area contributed by atoms with Crippen LogP contribution in [-0.4, -0.2) is 39.7 Å². The number of rotatable bonds is 7. The topological polar surface area (TPSA) is 124 Å². The van der Waals surface area contributed by atoms with Crippen molar-refractivity contribution in [3.63, 3.8) is 0 Å². The summed E-state index contributed by atoms with van der Waals surface area (Å²) in [6.45, 7) is 2.22. The molecule has 0 saturated heterocycles. The van der Waals surface area contributed by atoms with Gasteiger partial charge in [-0.25, -0.2) is 9.42 Å². The van der Waals surface area contributed by atoms with Crippen LogP contribution in [0.4, 0.5) is 5.82 Å². The Morgan fingerprint density at radius 2 is 2.04 bits per heavy atom. The third-order valence-corrected chi connectivity index (χ3v) is 3.19. The van der Waals surface area contributed by atoms with E-state index >= 15 is 0 Å². The Balaban J connectivity index is 1.69. The van der Waals surface area contributed by atoms with Crippen molar-refractivity contribution in [3.8, 4) is 17.2 Å². The lowest BCUT2D eigenvalue weighted by molar-refractivity contribution is 0.0698. The van der Waals surface area contributed by atoms with Gasteiger partial charge in [-0.05, 0) is 12.1 Å². The number of aromatic nitrogens is 3. The van der Waals surface area contributed by atoms with Crippen molar-refractivity contribution in [2.24, 2.45) is 0 Å². The van der Waals surface area contributed by atoms with Crippen LogP contribution in [0.1, 0.15) is 16.1 Å². The minimum atomic E-state index is -1.13. The number of hydrogen-bond acceptors (Lipinski definition) is 8. The Hall–Kier alpha value is -3.36. The van der Waals surface area contributed by atoms with Gasteiger partial charge in [0.05, 0.1) is 6.54 Å². The SMILES string of the molecule is Cc1nonc1OCCNc1noc(-c2ccccc2)c1C(=O)O. The first-order valence-electron chi connectivity index (χ1n) is 7.11. The van der Waals surface area contributed by atoms with Gasteiger partial charge in [-0.2, -0.15) is 0 Å². The standard InChI is InChI=1S/C15H14N4O5/c1-9-14(19-24-17-9)22-8-7-16-13-11(15(20)21)12(23-18-13)10-5-3-2-4-6-10/h2-6H,7-8H2,1H3,(H,16,18)(H,20,21). The van der Waals surface area contributed by atoms with Crippen LogP contribution < -0.4 is 10.1 Å². The molecule has 124 valence electrons. The van der Waals surface area contributed by atoms with E-state index in [4.69, 9.17) is 9.26 Å². The van der Waals surface area contributed by atoms with E-state index in [9.17, 15) is 9.90 Å². The molecular formula is C15H14N4O5. The molecule has 0 aliphatic heterocycles. The number of carboxylic acids is 1. The molecule has 1 aromatic carbocycles. The summed E-state index contributed by atoms with van der Waals surface area (Å²) >= 11 is 0. The number of carboxylic acid groups (broad SMARTS) is 1. The van der Waals surface area contributed by atoms with Crippen LogP contribution in [0.15, 0.2) is 39.5 Å². The predicted octanol–water partition coefficient (Wildman–Crippen LogP) is 2.22. The zero-order chi connectivity index (χ0) is 16.9. The number of nitrogens with zero attached hydrogens (tertiary/aromatic N) is 3. The zero-order valence-electron chi connectivity index (χ0n) is 12.7. The molecule has 0 radical (unpaired) electrons. The van der Waals surface area contributed by atoms with Crippen molar-refractivity contribution in [3.05, 3.63) is 41.6 Å². The normalized spacial score (nSPS) is 10.5. The minimum absolute atomic E-state index is 0.0273. The van der Waals surface area contributed by atoms with Gasteiger partial charge in [0.2, 0.25) is 0 Å². The highest BCUT2D eigenvalue weighted by Crippen LogP contribution is 2.29. The predicted molar refractivity (Wildman–Crippen MR) is 81.9 cm³/mol. The molecule has 0 aliphatic carbocycles. The van der Waals surface area contributed by atoms with Crippen LogP contribution in [0.5, 0.6) is 5.88 Å². The number of aryl methyl sites for hydroxylation is 1. The number of nitrogens with one attached hydrogen (secondary N) is 1. The highest BCUT2D eigenvalue weighted by molar-refractivity contribution is 5.99. The molecule has 3 aromatic rings. The first-order chi connectivity index (χ1) is 11.7. The maximum atomic E-state index is 11.5. The van der Waals surface area contributed by atoms with Crippen LogP contribution in [0, 0.1) is 6.92 Å². The molecule has 24 heavy (non-hydrogen) atoms. The summed E-state index contributed by atoms with van der Waals surface area (Å²) in [6, 6.07) is 8.91. The number of carbonyl (C=O) groups is 1. The molecule has 0 atom stereocenters. The maximum absolute atomic E-state index is 11.5. The van der Waals surface area contributed by atoms with Crippen molar-refractivity contribution in [2.75, 3.05) is 18.5 Å². The lowest BCUT2D eigenvalue weighted by Crippen LogP contribution is -2.14. The number of aromatic carboxylic acids is 1. The largest absolute Gasteiger partial charge is 0.477 e. The molecule has 2 aromatic heterocycles. The third kappa shape index (κ3) is 3.19. The fourth-order valence-electron chi connectivity index (χ4n) is 2.07. The summed E-state index contributed by atoms with van der Waals surface area (Å²) in [4.78, 5) is 11.5. The van der Waals surface area contributed by atoms with Gasteiger partial charge in [-0.1, -0.05) is 40.6 Å². The van der Waals surface area contributed by atoms with Crippen LogP contribution in [-0.2, 0) is 0 Å². The molecule has 0 spiro atoms. The quantitative estimate of drug-likeness (QED) is 0.627. The molecule has 0 saturated carbocycles. The molecule has 2 heterocycles. The molecule has 3 rings (SSSR count). The van der Waals surface area contributed by atoms with Gasteiger partial charge in [0, 0.05) is 5.56 Å². The Bertz CT molecular complexity index is 828. The fraction of sp³-hybridized carbons (Fsp3) is 0.200. The second kappa shape index (κ2) is 6.82. The molecule has 0 unspecified atom stereocenters. The molecule has 0 aliphatic rings. The van der Waals surface area contributed by atoms with Crippen molar-refractivity contribution in [1.82, 2.24) is 15.5 Å². The van der Waals surface area contributed by atoms with Gasteiger partial charge in [-0.3, -0.25) is 0 Å². The smallest absolute Gasteiger partial charge is 0.343 e. The molecule has 0 fully saturated rings. The summed E-state index contributed by atoms with van der Waals surface area (Å²) in [7, 11) is 0. The van der Waals surface area contributed by atoms with E-state index in [0.717, 1.165) is 0 Å². The average molecular weight is 330 g/mol. The molecular weight excluding hydrogens is 316 g/mol. The minimum Gasteiger partial charge on any atom is -0.477 e. The van der Waals surface area contributed by atoms with Crippen molar-refractivity contribution in [2.45, 2.75) is 6.92 Å². The van der Waals surface area contributed by atoms with Crippen LogP contribution >= 0.6 is 0 Å². The fourth-order valence-corrected chi connectivity index (χ4v) is 2.07. The Morgan fingerprint density at radius 3 is 2.71 bits per heavy atom. The van der Waals surface area contributed by atoms with E-state index in [1.807, 2.05) is 6.07 Å². The summed E-state index contributed by atoms with van der Waals surface area (Å²) in [5.41, 5.74) is 1.14. The molecule has 0 amide bonds. The molecule has 9 nitrogen and oxygen atoms in total. The van der Waals surface area contributed by atoms with Crippen LogP contribution in [0.25, 0.3) is 11.3 Å². The van der Waals surface area contributed by atoms with Gasteiger partial charge in [0.1, 0.15) is 12.3 Å². The van der Waals surface area contributed by atoms with Crippen molar-refractivity contribution < 1.29 is 23.8 Å². The lowest BCUT2D eigenvalue weighted by Gasteiger charge is -2.04. The lowest BCUT2D eigenvalue weighted by atomic mass is 10.1. The van der Waals surface area contributed by atoms with E-state index in [2.05, 4.69) is 25.4 Å². The number of ether oxygens (including phenoxy) is 1. The Labute approximate surface area is 136 Å². The second-order valence-electron chi connectivity index (χ2n) is 4.84. The Kier molecular flexibility index (Phi) is 4.41. The monoisotopic (exact) mass is 330 g/mol. The number of anilines is 1. The van der Waals surface area contributed by atoms with Gasteiger partial charge in [0.15, 0.2) is 17.1 Å². The van der Waals surface area contributed by atoms with Crippen LogP contribution in [0.3, 0.4) is 0 Å². The summed E-state index contributed by atoms with van der Waals surface area (Å²) in [5.74, 6) is -0.501. The van der Waals surface area contributed by atoms with Gasteiger partial charge < -0.3 is 19.7 Å². The van der Waals surface area contributed by atoms with E-state index < -0.39 is 5.97 Å². The first kappa shape index (κ1) is 15.5. The highest BCUT2D eigenvalue weighted by atomic mass is 16.6. The van der Waals surface area contributed by atoms with E-state index in [1.165, 1.54) is 0 Å². The second-order valence-corrected chi connectivity index (χ2v) is 4.84. The molecule has 0 bridgehead atoms. The van der Waals surface area contributed by atoms with Crippen LogP contribution in [0.2, 0.25) is 0 Å². The van der Waals surface area contributed by atoms with E-state index in [0.29, 0.717) is 23.7 Å². The Morgan fingerprint density at radius 1 is 1.25 bits per heavy atom. The van der Waals surface area contributed by atoms with Gasteiger partial charge in [0.25, 0.3) is 5.88 Å². The van der Waals surface area contributed by atoms with Gasteiger partial charge in [-0.15, -0.1) is 0 Å². The summed E-state index contributed by atoms with van der Waals surface area (Å²) in [5, 5.41) is 23.3. The first-order valence-corrected chi connectivity index (χ1v) is 7.11. The maximum Gasteiger partial charge on any atom is 0.343 e. The summed E-state index contributed by atoms with van der Waals surface area (Å²) < 4.78 is 15.1. The highest BCUT2D eigenvalue weighted by Gasteiger charge is 2.23. The summed E-state index contributed by atoms with van der Waals surface area (Å²) in [6.07, 6.45) is 0. The zero-order valence-corrected chi connectivity index (χ0v) is 12.7. The molecule has 2 N–H and O–H groups in total. The average Bonchev–Trinajstić information content (AvgIpc) is 3.19. The number of benzene rings is 1. The van der Waals surface area contributed by atoms with Crippen molar-refractivity contribution in [1.29, 1.82) is 0 Å². The van der Waals surface area contributed by atoms with E-state index in [-0.39, 0.29) is 23.7 Å². The van der Waals surface area contributed by atoms with E-state index in [1.54, 1.807) is 31.2 Å². The van der Waals surface area contributed by atoms with Crippen molar-refractivity contribution >= 4 is 11.8 Å². The third-order valence-electron chi connectivity index (χ3n) is 3.19. The van der Waals surface area contributed by atoms with Gasteiger partial charge >= 0.3 is 5.97 Å². The molecule has 9 heteroatoms. The number of hydrogen-bond donors (Lipinski definition) is 2.